The fraction of sp³-hybridized carbons (Fsp3) is 0.188. The fourth-order valence-corrected chi connectivity index (χ4v) is 3.30. The Balaban J connectivity index is 1.71. The lowest BCUT2D eigenvalue weighted by Crippen LogP contribution is -2.28. The van der Waals surface area contributed by atoms with Crippen molar-refractivity contribution in [2.45, 2.75) is 18.5 Å². The number of hydrogen-bond acceptors (Lipinski definition) is 4. The summed E-state index contributed by atoms with van der Waals surface area (Å²) >= 11 is 9.48. The highest BCUT2D eigenvalue weighted by atomic mass is 79.9. The average molecular weight is 391 g/mol. The van der Waals surface area contributed by atoms with E-state index in [0.717, 1.165) is 21.5 Å². The summed E-state index contributed by atoms with van der Waals surface area (Å²) in [5.41, 5.74) is 2.35. The van der Waals surface area contributed by atoms with Crippen LogP contribution in [-0.4, -0.2) is 20.2 Å². The second kappa shape index (κ2) is 5.94. The Morgan fingerprint density at radius 1 is 1.04 bits per heavy atom. The Bertz CT molecular complexity index is 815. The van der Waals surface area contributed by atoms with E-state index in [1.54, 1.807) is 0 Å². The summed E-state index contributed by atoms with van der Waals surface area (Å²) < 4.78 is 2.90. The van der Waals surface area contributed by atoms with Gasteiger partial charge in [-0.15, -0.1) is 0 Å². The monoisotopic (exact) mass is 389 g/mol. The van der Waals surface area contributed by atoms with Gasteiger partial charge in [0.05, 0.1) is 12.1 Å². The molecule has 0 radical (unpaired) electrons. The molecule has 2 aromatic carbocycles. The van der Waals surface area contributed by atoms with Crippen molar-refractivity contribution >= 4 is 33.5 Å². The fourth-order valence-electron chi connectivity index (χ4n) is 2.91. The first-order chi connectivity index (χ1) is 11.2. The molecule has 7 heteroatoms. The molecule has 0 spiro atoms. The van der Waals surface area contributed by atoms with Crippen LogP contribution in [0.4, 0.5) is 5.95 Å². The van der Waals surface area contributed by atoms with Crippen molar-refractivity contribution in [3.05, 3.63) is 69.2 Å². The normalized spacial score (nSPS) is 19.9. The maximum atomic E-state index is 6.01. The summed E-state index contributed by atoms with van der Waals surface area (Å²) in [4.78, 5) is 0. The van der Waals surface area contributed by atoms with Crippen LogP contribution in [0.1, 0.15) is 29.6 Å². The van der Waals surface area contributed by atoms with Crippen molar-refractivity contribution < 1.29 is 0 Å². The number of anilines is 1. The van der Waals surface area contributed by atoms with Crippen LogP contribution >= 0.6 is 27.5 Å². The number of tetrazole rings is 1. The van der Waals surface area contributed by atoms with E-state index in [0.29, 0.717) is 5.95 Å². The van der Waals surface area contributed by atoms with E-state index in [-0.39, 0.29) is 12.1 Å². The van der Waals surface area contributed by atoms with E-state index < -0.39 is 0 Å². The van der Waals surface area contributed by atoms with Crippen LogP contribution in [0.3, 0.4) is 0 Å². The molecule has 0 fully saturated rings. The molecule has 1 aliphatic heterocycles. The van der Waals surface area contributed by atoms with Gasteiger partial charge in [0.25, 0.3) is 0 Å². The lowest BCUT2D eigenvalue weighted by molar-refractivity contribution is 0.424. The first-order valence-electron chi connectivity index (χ1n) is 7.26. The minimum absolute atomic E-state index is 0.0761. The van der Waals surface area contributed by atoms with Crippen molar-refractivity contribution in [2.24, 2.45) is 0 Å². The average Bonchev–Trinajstić information content (AvgIpc) is 3.04. The molecule has 0 bridgehead atoms. The molecule has 0 amide bonds. The van der Waals surface area contributed by atoms with Crippen LogP contribution in [0.25, 0.3) is 0 Å². The molecule has 1 aliphatic rings. The highest BCUT2D eigenvalue weighted by molar-refractivity contribution is 9.10. The molecule has 23 heavy (non-hydrogen) atoms. The highest BCUT2D eigenvalue weighted by Gasteiger charge is 2.30. The molecule has 2 heterocycles. The maximum absolute atomic E-state index is 6.01. The second-order valence-corrected chi connectivity index (χ2v) is 6.85. The molecule has 116 valence electrons. The number of benzene rings is 2. The lowest BCUT2D eigenvalue weighted by atomic mass is 9.93. The van der Waals surface area contributed by atoms with E-state index >= 15 is 0 Å². The molecular weight excluding hydrogens is 378 g/mol. The number of rotatable bonds is 2. The Morgan fingerprint density at radius 3 is 2.48 bits per heavy atom. The molecule has 2 atom stereocenters. The van der Waals surface area contributed by atoms with Crippen molar-refractivity contribution in [2.75, 3.05) is 5.32 Å². The predicted molar refractivity (Wildman–Crippen MR) is 92.5 cm³/mol. The van der Waals surface area contributed by atoms with E-state index in [4.69, 9.17) is 11.6 Å². The van der Waals surface area contributed by atoms with Gasteiger partial charge in [-0.1, -0.05) is 56.9 Å². The molecule has 0 saturated carbocycles. The van der Waals surface area contributed by atoms with Crippen LogP contribution in [0.2, 0.25) is 5.02 Å². The van der Waals surface area contributed by atoms with Crippen LogP contribution in [0.5, 0.6) is 0 Å². The lowest BCUT2D eigenvalue weighted by Gasteiger charge is -2.31. The van der Waals surface area contributed by atoms with Gasteiger partial charge in [-0.2, -0.15) is 0 Å². The second-order valence-electron chi connectivity index (χ2n) is 5.50. The molecule has 1 aromatic heterocycles. The smallest absolute Gasteiger partial charge is 0.243 e. The minimum Gasteiger partial charge on any atom is -0.346 e. The molecule has 0 aliphatic carbocycles. The van der Waals surface area contributed by atoms with Crippen LogP contribution in [0.15, 0.2) is 53.0 Å². The van der Waals surface area contributed by atoms with Crippen molar-refractivity contribution in [1.29, 1.82) is 0 Å². The third-order valence-corrected chi connectivity index (χ3v) is 4.86. The Labute approximate surface area is 146 Å². The topological polar surface area (TPSA) is 55.6 Å². The van der Waals surface area contributed by atoms with E-state index in [9.17, 15) is 0 Å². The summed E-state index contributed by atoms with van der Waals surface area (Å²) in [6, 6.07) is 16.4. The van der Waals surface area contributed by atoms with Gasteiger partial charge in [-0.05, 0) is 52.2 Å². The Hall–Kier alpha value is -1.92. The molecule has 0 unspecified atom stereocenters. The van der Waals surface area contributed by atoms with Crippen molar-refractivity contribution in [3.63, 3.8) is 0 Å². The van der Waals surface area contributed by atoms with Gasteiger partial charge in [-0.25, -0.2) is 4.68 Å². The van der Waals surface area contributed by atoms with Crippen LogP contribution in [0, 0.1) is 0 Å². The summed E-state index contributed by atoms with van der Waals surface area (Å²) in [6.07, 6.45) is 0.862. The predicted octanol–water partition coefficient (Wildman–Crippen LogP) is 4.24. The zero-order valence-electron chi connectivity index (χ0n) is 12.0. The van der Waals surface area contributed by atoms with E-state index in [2.05, 4.69) is 48.9 Å². The highest BCUT2D eigenvalue weighted by Crippen LogP contribution is 2.37. The number of hydrogen-bond donors (Lipinski definition) is 1. The first-order valence-corrected chi connectivity index (χ1v) is 8.43. The molecule has 1 N–H and O–H groups in total. The Morgan fingerprint density at radius 2 is 1.74 bits per heavy atom. The summed E-state index contributed by atoms with van der Waals surface area (Å²) in [6.45, 7) is 0. The Kier molecular flexibility index (Phi) is 3.79. The number of nitrogens with one attached hydrogen (secondary N) is 1. The summed E-state index contributed by atoms with van der Waals surface area (Å²) in [5, 5.41) is 16.2. The van der Waals surface area contributed by atoms with Gasteiger partial charge in [-0.3, -0.25) is 0 Å². The van der Waals surface area contributed by atoms with Crippen LogP contribution < -0.4 is 5.32 Å². The quantitative estimate of drug-likeness (QED) is 0.711. The number of aromatic nitrogens is 4. The van der Waals surface area contributed by atoms with Gasteiger partial charge >= 0.3 is 0 Å². The molecule has 5 nitrogen and oxygen atoms in total. The van der Waals surface area contributed by atoms with Crippen molar-refractivity contribution in [1.82, 2.24) is 20.2 Å². The van der Waals surface area contributed by atoms with Crippen LogP contribution in [-0.2, 0) is 0 Å². The molecule has 3 aromatic rings. The van der Waals surface area contributed by atoms with Crippen molar-refractivity contribution in [3.8, 4) is 0 Å². The number of halogens is 2. The number of nitrogens with zero attached hydrogens (tertiary/aromatic N) is 4. The van der Waals surface area contributed by atoms with E-state index in [1.807, 2.05) is 41.1 Å². The zero-order valence-corrected chi connectivity index (χ0v) is 14.4. The summed E-state index contributed by atoms with van der Waals surface area (Å²) in [5.74, 6) is 0.684. The van der Waals surface area contributed by atoms with Gasteiger partial charge in [0.1, 0.15) is 0 Å². The first kappa shape index (κ1) is 14.7. The minimum atomic E-state index is 0.0761. The largest absolute Gasteiger partial charge is 0.346 e. The molecule has 4 rings (SSSR count). The van der Waals surface area contributed by atoms with E-state index in [1.165, 1.54) is 5.56 Å². The van der Waals surface area contributed by atoms with Gasteiger partial charge < -0.3 is 5.32 Å². The van der Waals surface area contributed by atoms with Gasteiger partial charge in [0.15, 0.2) is 0 Å². The summed E-state index contributed by atoms with van der Waals surface area (Å²) in [7, 11) is 0. The standard InChI is InChI=1S/C16H13BrClN5/c17-12-5-1-10(2-6-12)14-9-15(11-3-7-13(18)8-4-11)23-16(19-14)20-21-22-23/h1-8,14-15H,9H2,(H,19,20,22)/t14-,15-/m1/s1. The number of fused-ring (bicyclic) bond motifs is 1. The third-order valence-electron chi connectivity index (χ3n) is 4.08. The molecule has 0 saturated heterocycles. The SMILES string of the molecule is Clc1ccc([C@H]2C[C@H](c3ccc(Br)cc3)Nc3nnnn32)cc1. The molecular formula is C16H13BrClN5. The van der Waals surface area contributed by atoms with Gasteiger partial charge in [0.2, 0.25) is 5.95 Å². The van der Waals surface area contributed by atoms with Gasteiger partial charge in [0, 0.05) is 9.50 Å². The maximum Gasteiger partial charge on any atom is 0.243 e. The zero-order chi connectivity index (χ0) is 15.8. The third kappa shape index (κ3) is 2.84.